The molecule has 0 aliphatic rings. The highest BCUT2D eigenvalue weighted by Gasteiger charge is 2.28. The first-order chi connectivity index (χ1) is 15.1. The van der Waals surface area contributed by atoms with E-state index >= 15 is 0 Å². The average Bonchev–Trinajstić information content (AvgIpc) is 2.72. The van der Waals surface area contributed by atoms with E-state index in [4.69, 9.17) is 11.6 Å². The van der Waals surface area contributed by atoms with Gasteiger partial charge in [0.25, 0.3) is 10.0 Å². The molecule has 1 amide bonds. The highest BCUT2D eigenvalue weighted by Crippen LogP contribution is 2.26. The number of nitrogens with zero attached hydrogens (tertiary/aromatic N) is 1. The average molecular weight is 471 g/mol. The second kappa shape index (κ2) is 9.76. The Bertz CT molecular complexity index is 1220. The van der Waals surface area contributed by atoms with Crippen molar-refractivity contribution in [1.82, 2.24) is 5.32 Å². The third-order valence-electron chi connectivity index (χ3n) is 5.26. The van der Waals surface area contributed by atoms with Crippen LogP contribution in [-0.4, -0.2) is 20.9 Å². The SMILES string of the molecule is Cc1ccc(S(=O)(=O)N(CC(=O)N[C@@H](C)c2ccc(C)cc2C)c2cccc(Cl)c2)cc1. The number of anilines is 1. The third kappa shape index (κ3) is 5.50. The van der Waals surface area contributed by atoms with Crippen LogP contribution in [0.25, 0.3) is 0 Å². The van der Waals surface area contributed by atoms with Gasteiger partial charge in [0.1, 0.15) is 6.54 Å². The van der Waals surface area contributed by atoms with Crippen molar-refractivity contribution in [1.29, 1.82) is 0 Å². The maximum Gasteiger partial charge on any atom is 0.264 e. The first-order valence-electron chi connectivity index (χ1n) is 10.3. The molecular formula is C25H27ClN2O3S. The molecule has 0 spiro atoms. The van der Waals surface area contributed by atoms with Gasteiger partial charge in [-0.1, -0.05) is 59.1 Å². The number of rotatable bonds is 7. The highest BCUT2D eigenvalue weighted by molar-refractivity contribution is 7.92. The molecule has 1 N–H and O–H groups in total. The summed E-state index contributed by atoms with van der Waals surface area (Å²) in [5.41, 5.74) is 4.46. The Labute approximate surface area is 195 Å². The predicted molar refractivity (Wildman–Crippen MR) is 130 cm³/mol. The molecule has 3 rings (SSSR count). The van der Waals surface area contributed by atoms with Crippen LogP contribution >= 0.6 is 11.6 Å². The molecule has 0 aliphatic heterocycles. The molecule has 0 heterocycles. The maximum absolute atomic E-state index is 13.4. The third-order valence-corrected chi connectivity index (χ3v) is 7.28. The van der Waals surface area contributed by atoms with Crippen molar-refractivity contribution in [3.63, 3.8) is 0 Å². The maximum atomic E-state index is 13.4. The van der Waals surface area contributed by atoms with Crippen LogP contribution in [0.5, 0.6) is 0 Å². The van der Waals surface area contributed by atoms with Gasteiger partial charge in [0.05, 0.1) is 16.6 Å². The van der Waals surface area contributed by atoms with Gasteiger partial charge in [-0.05, 0) is 69.2 Å². The van der Waals surface area contributed by atoms with Crippen molar-refractivity contribution in [2.24, 2.45) is 0 Å². The van der Waals surface area contributed by atoms with Gasteiger partial charge in [0.15, 0.2) is 0 Å². The first kappa shape index (κ1) is 23.8. The largest absolute Gasteiger partial charge is 0.348 e. The number of hydrogen-bond acceptors (Lipinski definition) is 3. The molecule has 168 valence electrons. The Morgan fingerprint density at radius 3 is 2.25 bits per heavy atom. The van der Waals surface area contributed by atoms with Crippen molar-refractivity contribution in [3.05, 3.63) is 94.0 Å². The molecule has 3 aromatic rings. The normalized spacial score (nSPS) is 12.3. The van der Waals surface area contributed by atoms with E-state index in [0.717, 1.165) is 26.6 Å². The van der Waals surface area contributed by atoms with E-state index in [1.165, 1.54) is 6.07 Å². The summed E-state index contributed by atoms with van der Waals surface area (Å²) in [7, 11) is -3.98. The lowest BCUT2D eigenvalue weighted by Gasteiger charge is -2.25. The van der Waals surface area contributed by atoms with Gasteiger partial charge in [-0.25, -0.2) is 8.42 Å². The molecule has 32 heavy (non-hydrogen) atoms. The lowest BCUT2D eigenvalue weighted by molar-refractivity contribution is -0.120. The van der Waals surface area contributed by atoms with Gasteiger partial charge in [0, 0.05) is 5.02 Å². The first-order valence-corrected chi connectivity index (χ1v) is 12.1. The standard InChI is InChI=1S/C25H27ClN2O3S/c1-17-8-11-23(12-9-17)32(30,31)28(22-7-5-6-21(26)15-22)16-25(29)27-20(4)24-13-10-18(2)14-19(24)3/h5-15,20H,16H2,1-4H3,(H,27,29)/t20-/m0/s1. The van der Waals surface area contributed by atoms with Crippen molar-refractivity contribution < 1.29 is 13.2 Å². The molecule has 0 saturated carbocycles. The Morgan fingerprint density at radius 2 is 1.62 bits per heavy atom. The number of benzene rings is 3. The Hall–Kier alpha value is -2.83. The number of amides is 1. The molecule has 3 aromatic carbocycles. The zero-order valence-electron chi connectivity index (χ0n) is 18.6. The Morgan fingerprint density at radius 1 is 0.969 bits per heavy atom. The number of hydrogen-bond donors (Lipinski definition) is 1. The van der Waals surface area contributed by atoms with E-state index in [1.54, 1.807) is 42.5 Å². The van der Waals surface area contributed by atoms with Crippen LogP contribution in [0.3, 0.4) is 0 Å². The molecule has 7 heteroatoms. The summed E-state index contributed by atoms with van der Waals surface area (Å²) in [6.45, 7) is 7.40. The van der Waals surface area contributed by atoms with Crippen molar-refractivity contribution >= 4 is 33.2 Å². The van der Waals surface area contributed by atoms with Gasteiger partial charge in [-0.15, -0.1) is 0 Å². The Balaban J connectivity index is 1.90. The van der Waals surface area contributed by atoms with Crippen molar-refractivity contribution in [3.8, 4) is 0 Å². The molecule has 0 unspecified atom stereocenters. The molecule has 5 nitrogen and oxygen atoms in total. The summed E-state index contributed by atoms with van der Waals surface area (Å²) in [5.74, 6) is -0.409. The number of nitrogens with one attached hydrogen (secondary N) is 1. The second-order valence-electron chi connectivity index (χ2n) is 7.95. The highest BCUT2D eigenvalue weighted by atomic mass is 35.5. The number of carbonyl (C=O) groups excluding carboxylic acids is 1. The molecule has 0 fully saturated rings. The molecule has 1 atom stereocenters. The fourth-order valence-corrected chi connectivity index (χ4v) is 5.19. The van der Waals surface area contributed by atoms with Crippen LogP contribution in [0.4, 0.5) is 5.69 Å². The summed E-state index contributed by atoms with van der Waals surface area (Å²) in [5, 5.41) is 3.31. The van der Waals surface area contributed by atoms with Crippen LogP contribution < -0.4 is 9.62 Å². The predicted octanol–water partition coefficient (Wildman–Crippen LogP) is 5.34. The topological polar surface area (TPSA) is 66.5 Å². The minimum atomic E-state index is -3.98. The van der Waals surface area contributed by atoms with E-state index in [-0.39, 0.29) is 17.5 Å². The number of halogens is 1. The lowest BCUT2D eigenvalue weighted by Crippen LogP contribution is -2.41. The molecule has 0 aromatic heterocycles. The molecular weight excluding hydrogens is 444 g/mol. The minimum absolute atomic E-state index is 0.110. The fraction of sp³-hybridized carbons (Fsp3) is 0.240. The summed E-state index contributed by atoms with van der Waals surface area (Å²) in [6, 6.07) is 18.8. The molecule has 0 radical (unpaired) electrons. The fourth-order valence-electron chi connectivity index (χ4n) is 3.59. The van der Waals surface area contributed by atoms with Gasteiger partial charge in [-0.2, -0.15) is 0 Å². The van der Waals surface area contributed by atoms with Crippen molar-refractivity contribution in [2.75, 3.05) is 10.8 Å². The van der Waals surface area contributed by atoms with Crippen LogP contribution in [0, 0.1) is 20.8 Å². The zero-order chi connectivity index (χ0) is 23.5. The van der Waals surface area contributed by atoms with E-state index < -0.39 is 15.9 Å². The van der Waals surface area contributed by atoms with Gasteiger partial charge < -0.3 is 5.32 Å². The molecule has 0 saturated heterocycles. The number of aryl methyl sites for hydroxylation is 3. The summed E-state index contributed by atoms with van der Waals surface area (Å²) in [4.78, 5) is 13.1. The smallest absolute Gasteiger partial charge is 0.264 e. The van der Waals surface area contributed by atoms with Crippen molar-refractivity contribution in [2.45, 2.75) is 38.6 Å². The number of sulfonamides is 1. The minimum Gasteiger partial charge on any atom is -0.348 e. The monoisotopic (exact) mass is 470 g/mol. The van der Waals surface area contributed by atoms with Gasteiger partial charge >= 0.3 is 0 Å². The van der Waals surface area contributed by atoms with Crippen LogP contribution in [0.1, 0.15) is 35.2 Å². The summed E-state index contributed by atoms with van der Waals surface area (Å²) < 4.78 is 28.0. The van der Waals surface area contributed by atoms with E-state index in [1.807, 2.05) is 39.8 Å². The van der Waals surface area contributed by atoms with Gasteiger partial charge in [-0.3, -0.25) is 9.10 Å². The van der Waals surface area contributed by atoms with E-state index in [2.05, 4.69) is 11.4 Å². The summed E-state index contributed by atoms with van der Waals surface area (Å²) >= 11 is 6.11. The van der Waals surface area contributed by atoms with Crippen LogP contribution in [0.15, 0.2) is 71.6 Å². The molecule has 0 aliphatic carbocycles. The lowest BCUT2D eigenvalue weighted by atomic mass is 10.0. The quantitative estimate of drug-likeness (QED) is 0.507. The van der Waals surface area contributed by atoms with E-state index in [0.29, 0.717) is 10.7 Å². The zero-order valence-corrected chi connectivity index (χ0v) is 20.2. The Kier molecular flexibility index (Phi) is 7.26. The second-order valence-corrected chi connectivity index (χ2v) is 10.3. The van der Waals surface area contributed by atoms with Crippen LogP contribution in [0.2, 0.25) is 5.02 Å². The summed E-state index contributed by atoms with van der Waals surface area (Å²) in [6.07, 6.45) is 0. The van der Waals surface area contributed by atoms with E-state index in [9.17, 15) is 13.2 Å². The van der Waals surface area contributed by atoms with Crippen LogP contribution in [-0.2, 0) is 14.8 Å². The molecule has 0 bridgehead atoms. The number of carbonyl (C=O) groups is 1. The van der Waals surface area contributed by atoms with Gasteiger partial charge in [0.2, 0.25) is 5.91 Å².